The van der Waals surface area contributed by atoms with Crippen molar-refractivity contribution in [3.8, 4) is 16.9 Å². The van der Waals surface area contributed by atoms with Gasteiger partial charge in [0.15, 0.2) is 5.78 Å². The maximum Gasteiger partial charge on any atom is 0.424 e. The molecule has 1 aliphatic rings. The van der Waals surface area contributed by atoms with Crippen LogP contribution in [0.4, 0.5) is 27.6 Å². The first-order valence-corrected chi connectivity index (χ1v) is 13.2. The molecule has 2 atom stereocenters. The van der Waals surface area contributed by atoms with Crippen LogP contribution in [0.5, 0.6) is 5.75 Å². The lowest BCUT2D eigenvalue weighted by molar-refractivity contribution is -0.244. The number of benzene rings is 3. The summed E-state index contributed by atoms with van der Waals surface area (Å²) in [5.74, 6) is -2.93. The Morgan fingerprint density at radius 1 is 1.08 bits per heavy atom. The third kappa shape index (κ3) is 5.62. The summed E-state index contributed by atoms with van der Waals surface area (Å²) in [7, 11) is -4.27. The topological polar surface area (TPSA) is 83.9 Å². The summed E-state index contributed by atoms with van der Waals surface area (Å²) in [6.45, 7) is 1.66. The smallest absolute Gasteiger partial charge is 0.424 e. The molecule has 0 unspecified atom stereocenters. The average Bonchev–Trinajstić information content (AvgIpc) is 2.87. The standard InChI is InChI=1S/C27H24F5NO5S/c1-16-4-3-5-20(12-16)39(36,37)33-15-19(8-11-25(34)26(2,35)27(30,31)32)38-24-10-6-17(13-23(24)33)21-14-18(28)7-9-22(21)29/h3-7,9-10,12-14,19,35H,8,11,15H2,1-2H3/t19-,26+/m0/s1. The van der Waals surface area contributed by atoms with Crippen molar-refractivity contribution < 1.29 is 45.0 Å². The van der Waals surface area contributed by atoms with Crippen molar-refractivity contribution in [2.24, 2.45) is 0 Å². The predicted molar refractivity (Wildman–Crippen MR) is 133 cm³/mol. The van der Waals surface area contributed by atoms with Crippen molar-refractivity contribution in [1.29, 1.82) is 0 Å². The first kappa shape index (κ1) is 28.5. The van der Waals surface area contributed by atoms with Crippen LogP contribution in [-0.4, -0.2) is 43.7 Å². The fourth-order valence-corrected chi connectivity index (χ4v) is 5.78. The van der Waals surface area contributed by atoms with Crippen molar-refractivity contribution in [2.75, 3.05) is 10.8 Å². The first-order valence-electron chi connectivity index (χ1n) is 11.8. The fraction of sp³-hybridized carbons (Fsp3) is 0.296. The Morgan fingerprint density at radius 3 is 2.46 bits per heavy atom. The number of carbonyl (C=O) groups is 1. The molecule has 0 amide bonds. The van der Waals surface area contributed by atoms with Crippen molar-refractivity contribution in [3.05, 3.63) is 77.9 Å². The number of sulfonamides is 1. The molecule has 39 heavy (non-hydrogen) atoms. The second-order valence-electron chi connectivity index (χ2n) is 9.43. The molecule has 0 aliphatic carbocycles. The van der Waals surface area contributed by atoms with Gasteiger partial charge in [-0.25, -0.2) is 17.2 Å². The van der Waals surface area contributed by atoms with Gasteiger partial charge < -0.3 is 9.84 Å². The highest BCUT2D eigenvalue weighted by molar-refractivity contribution is 7.92. The quantitative estimate of drug-likeness (QED) is 0.377. The van der Waals surface area contributed by atoms with Crippen molar-refractivity contribution in [3.63, 3.8) is 0 Å². The minimum Gasteiger partial charge on any atom is -0.486 e. The number of aliphatic hydroxyl groups is 1. The van der Waals surface area contributed by atoms with Gasteiger partial charge in [0.25, 0.3) is 10.0 Å². The van der Waals surface area contributed by atoms with E-state index in [1.165, 1.54) is 36.4 Å². The molecule has 12 heteroatoms. The van der Waals surface area contributed by atoms with Crippen LogP contribution >= 0.6 is 0 Å². The van der Waals surface area contributed by atoms with E-state index >= 15 is 0 Å². The third-order valence-corrected chi connectivity index (χ3v) is 8.27. The molecule has 3 aromatic rings. The fourth-order valence-electron chi connectivity index (χ4n) is 4.17. The van der Waals surface area contributed by atoms with Gasteiger partial charge >= 0.3 is 6.18 Å². The van der Waals surface area contributed by atoms with Crippen molar-refractivity contribution >= 4 is 21.5 Å². The van der Waals surface area contributed by atoms with Gasteiger partial charge in [-0.3, -0.25) is 9.10 Å². The number of alkyl halides is 3. The van der Waals surface area contributed by atoms with Crippen LogP contribution in [0.1, 0.15) is 25.3 Å². The highest BCUT2D eigenvalue weighted by Gasteiger charge is 2.55. The summed E-state index contributed by atoms with van der Waals surface area (Å²) >= 11 is 0. The van der Waals surface area contributed by atoms with Crippen LogP contribution in [0.25, 0.3) is 11.1 Å². The Kier molecular flexibility index (Phi) is 7.48. The van der Waals surface area contributed by atoms with E-state index in [9.17, 15) is 40.3 Å². The van der Waals surface area contributed by atoms with E-state index in [0.29, 0.717) is 12.5 Å². The van der Waals surface area contributed by atoms with E-state index in [2.05, 4.69) is 0 Å². The third-order valence-electron chi connectivity index (χ3n) is 6.50. The maximum absolute atomic E-state index is 14.5. The first-order chi connectivity index (χ1) is 18.1. The van der Waals surface area contributed by atoms with Gasteiger partial charge in [0.05, 0.1) is 17.1 Å². The largest absolute Gasteiger partial charge is 0.486 e. The number of ketones is 1. The molecule has 6 nitrogen and oxygen atoms in total. The summed E-state index contributed by atoms with van der Waals surface area (Å²) in [6.07, 6.45) is -7.31. The normalized spacial score (nSPS) is 17.2. The SMILES string of the molecule is Cc1cccc(S(=O)(=O)N2C[C@H](CCC(=O)[C@@](C)(O)C(F)(F)F)Oc3ccc(-c4cc(F)ccc4F)cc32)c1. The molecule has 208 valence electrons. The summed E-state index contributed by atoms with van der Waals surface area (Å²) in [4.78, 5) is 12.1. The van der Waals surface area contributed by atoms with Gasteiger partial charge in [-0.15, -0.1) is 0 Å². The number of aryl methyl sites for hydroxylation is 1. The van der Waals surface area contributed by atoms with Gasteiger partial charge in [0.2, 0.25) is 5.60 Å². The molecule has 4 rings (SSSR count). The number of nitrogens with zero attached hydrogens (tertiary/aromatic N) is 1. The number of fused-ring (bicyclic) bond motifs is 1. The van der Waals surface area contributed by atoms with Crippen LogP contribution in [0.3, 0.4) is 0 Å². The van der Waals surface area contributed by atoms with Crippen LogP contribution in [0, 0.1) is 18.6 Å². The van der Waals surface area contributed by atoms with Gasteiger partial charge in [-0.2, -0.15) is 13.2 Å². The molecule has 0 fully saturated rings. The van der Waals surface area contributed by atoms with E-state index in [0.717, 1.165) is 22.5 Å². The van der Waals surface area contributed by atoms with Crippen LogP contribution in [-0.2, 0) is 14.8 Å². The molecule has 0 saturated carbocycles. The van der Waals surface area contributed by atoms with Gasteiger partial charge in [0.1, 0.15) is 23.5 Å². The van der Waals surface area contributed by atoms with E-state index in [1.807, 2.05) is 0 Å². The number of Topliss-reactive ketones (excluding diaryl/α,β-unsaturated/α-hetero) is 1. The predicted octanol–water partition coefficient (Wildman–Crippen LogP) is 5.56. The maximum atomic E-state index is 14.5. The van der Waals surface area contributed by atoms with Crippen molar-refractivity contribution in [2.45, 2.75) is 49.5 Å². The van der Waals surface area contributed by atoms with Gasteiger partial charge in [-0.05, 0) is 73.9 Å². The van der Waals surface area contributed by atoms with E-state index < -0.39 is 51.7 Å². The molecule has 0 spiro atoms. The molecule has 1 N–H and O–H groups in total. The summed E-state index contributed by atoms with van der Waals surface area (Å²) in [5, 5.41) is 9.66. The number of hydrogen-bond acceptors (Lipinski definition) is 5. The number of hydrogen-bond donors (Lipinski definition) is 1. The Bertz CT molecular complexity index is 1520. The highest BCUT2D eigenvalue weighted by Crippen LogP contribution is 2.41. The molecule has 0 aromatic heterocycles. The molecule has 0 bridgehead atoms. The molecule has 3 aromatic carbocycles. The van der Waals surface area contributed by atoms with Gasteiger partial charge in [0, 0.05) is 12.0 Å². The number of carbonyl (C=O) groups excluding carboxylic acids is 1. The summed E-state index contributed by atoms with van der Waals surface area (Å²) < 4.78 is 102. The zero-order valence-corrected chi connectivity index (χ0v) is 21.6. The Hall–Kier alpha value is -3.51. The van der Waals surface area contributed by atoms with E-state index in [4.69, 9.17) is 4.74 Å². The minimum atomic E-state index is -5.19. The number of halogens is 5. The number of anilines is 1. The van der Waals surface area contributed by atoms with Crippen LogP contribution < -0.4 is 9.04 Å². The van der Waals surface area contributed by atoms with E-state index in [-0.39, 0.29) is 40.4 Å². The average molecular weight is 570 g/mol. The van der Waals surface area contributed by atoms with Crippen LogP contribution in [0.15, 0.2) is 65.6 Å². The number of rotatable bonds is 7. The Labute approximate surface area is 221 Å². The second-order valence-corrected chi connectivity index (χ2v) is 11.3. The lowest BCUT2D eigenvalue weighted by Crippen LogP contribution is -2.50. The second kappa shape index (κ2) is 10.2. The molecular weight excluding hydrogens is 545 g/mol. The summed E-state index contributed by atoms with van der Waals surface area (Å²) in [6, 6.07) is 12.9. The Morgan fingerprint density at radius 2 is 1.79 bits per heavy atom. The number of ether oxygens (including phenoxy) is 1. The van der Waals surface area contributed by atoms with Crippen LogP contribution in [0.2, 0.25) is 0 Å². The summed E-state index contributed by atoms with van der Waals surface area (Å²) in [5.41, 5.74) is -2.88. The zero-order chi connectivity index (χ0) is 28.8. The molecule has 0 radical (unpaired) electrons. The zero-order valence-electron chi connectivity index (χ0n) is 20.8. The molecule has 1 aliphatic heterocycles. The van der Waals surface area contributed by atoms with Crippen molar-refractivity contribution in [1.82, 2.24) is 0 Å². The molecular formula is C27H24F5NO5S. The Balaban J connectivity index is 1.73. The lowest BCUT2D eigenvalue weighted by atomic mass is 9.95. The lowest BCUT2D eigenvalue weighted by Gasteiger charge is -2.36. The minimum absolute atomic E-state index is 0.00234. The van der Waals surface area contributed by atoms with Gasteiger partial charge in [-0.1, -0.05) is 18.2 Å². The monoisotopic (exact) mass is 569 g/mol. The molecule has 1 heterocycles. The van der Waals surface area contributed by atoms with E-state index in [1.54, 1.807) is 13.0 Å². The highest BCUT2D eigenvalue weighted by atomic mass is 32.2. The molecule has 0 saturated heterocycles.